The summed E-state index contributed by atoms with van der Waals surface area (Å²) in [5.41, 5.74) is 6.47. The summed E-state index contributed by atoms with van der Waals surface area (Å²) in [5.74, 6) is 0.395. The molecule has 0 atom stereocenters. The van der Waals surface area contributed by atoms with Crippen LogP contribution in [0.5, 0.6) is 5.75 Å². The SMILES string of the molecule is COc1cc(N)ccc1NS(=O)(=O)NC1CC1. The van der Waals surface area contributed by atoms with Crippen LogP contribution in [0.4, 0.5) is 11.4 Å². The number of nitrogens with one attached hydrogen (secondary N) is 2. The molecule has 1 aliphatic rings. The lowest BCUT2D eigenvalue weighted by atomic mass is 10.2. The van der Waals surface area contributed by atoms with E-state index >= 15 is 0 Å². The van der Waals surface area contributed by atoms with Crippen LogP contribution in [0.2, 0.25) is 0 Å². The van der Waals surface area contributed by atoms with Crippen LogP contribution in [-0.2, 0) is 10.2 Å². The predicted molar refractivity (Wildman–Crippen MR) is 66.1 cm³/mol. The highest BCUT2D eigenvalue weighted by atomic mass is 32.2. The van der Waals surface area contributed by atoms with Gasteiger partial charge in [0.2, 0.25) is 0 Å². The fourth-order valence-corrected chi connectivity index (χ4v) is 2.58. The number of anilines is 2. The first-order chi connectivity index (χ1) is 8.00. The van der Waals surface area contributed by atoms with Crippen LogP contribution in [0.25, 0.3) is 0 Å². The van der Waals surface area contributed by atoms with Crippen LogP contribution in [0.1, 0.15) is 12.8 Å². The number of nitrogen functional groups attached to an aromatic ring is 1. The summed E-state index contributed by atoms with van der Waals surface area (Å²) in [7, 11) is -2.08. The summed E-state index contributed by atoms with van der Waals surface area (Å²) in [6, 6.07) is 4.81. The van der Waals surface area contributed by atoms with Gasteiger partial charge in [0.1, 0.15) is 5.75 Å². The molecule has 1 aliphatic carbocycles. The molecule has 6 nitrogen and oxygen atoms in total. The maximum atomic E-state index is 11.7. The molecule has 1 fully saturated rings. The van der Waals surface area contributed by atoms with Gasteiger partial charge in [-0.15, -0.1) is 0 Å². The van der Waals surface area contributed by atoms with Crippen molar-refractivity contribution in [2.24, 2.45) is 0 Å². The maximum absolute atomic E-state index is 11.7. The Morgan fingerprint density at radius 1 is 1.41 bits per heavy atom. The summed E-state index contributed by atoms with van der Waals surface area (Å²) >= 11 is 0. The van der Waals surface area contributed by atoms with E-state index in [2.05, 4.69) is 9.44 Å². The van der Waals surface area contributed by atoms with E-state index in [0.29, 0.717) is 17.1 Å². The van der Waals surface area contributed by atoms with Crippen molar-refractivity contribution in [1.82, 2.24) is 4.72 Å². The van der Waals surface area contributed by atoms with E-state index in [9.17, 15) is 8.42 Å². The maximum Gasteiger partial charge on any atom is 0.299 e. The fourth-order valence-electron chi connectivity index (χ4n) is 1.39. The van der Waals surface area contributed by atoms with E-state index in [1.54, 1.807) is 18.2 Å². The van der Waals surface area contributed by atoms with E-state index in [0.717, 1.165) is 12.8 Å². The van der Waals surface area contributed by atoms with Crippen molar-refractivity contribution in [3.63, 3.8) is 0 Å². The molecule has 0 spiro atoms. The van der Waals surface area contributed by atoms with Gasteiger partial charge in [-0.1, -0.05) is 0 Å². The van der Waals surface area contributed by atoms with Crippen molar-refractivity contribution in [1.29, 1.82) is 0 Å². The Labute approximate surface area is 100 Å². The van der Waals surface area contributed by atoms with E-state index in [-0.39, 0.29) is 6.04 Å². The first kappa shape index (κ1) is 12.0. The summed E-state index contributed by atoms with van der Waals surface area (Å²) in [6.07, 6.45) is 1.78. The molecule has 0 aromatic heterocycles. The van der Waals surface area contributed by atoms with Gasteiger partial charge in [-0.25, -0.2) is 0 Å². The molecule has 1 aromatic carbocycles. The van der Waals surface area contributed by atoms with Crippen LogP contribution in [0, 0.1) is 0 Å². The Morgan fingerprint density at radius 2 is 2.12 bits per heavy atom. The van der Waals surface area contributed by atoms with Crippen molar-refractivity contribution in [3.8, 4) is 5.75 Å². The van der Waals surface area contributed by atoms with Gasteiger partial charge in [0.25, 0.3) is 10.2 Å². The molecule has 94 valence electrons. The van der Waals surface area contributed by atoms with Crippen molar-refractivity contribution in [2.75, 3.05) is 17.6 Å². The van der Waals surface area contributed by atoms with Gasteiger partial charge in [0.15, 0.2) is 0 Å². The summed E-state index contributed by atoms with van der Waals surface area (Å²) in [5, 5.41) is 0. The molecule has 0 bridgehead atoms. The van der Waals surface area contributed by atoms with Crippen LogP contribution >= 0.6 is 0 Å². The molecule has 7 heteroatoms. The van der Waals surface area contributed by atoms with Gasteiger partial charge in [-0.2, -0.15) is 13.1 Å². The molecule has 0 amide bonds. The van der Waals surface area contributed by atoms with Gasteiger partial charge in [0.05, 0.1) is 12.8 Å². The highest BCUT2D eigenvalue weighted by molar-refractivity contribution is 7.90. The fraction of sp³-hybridized carbons (Fsp3) is 0.400. The van der Waals surface area contributed by atoms with Crippen molar-refractivity contribution >= 4 is 21.6 Å². The van der Waals surface area contributed by atoms with Crippen LogP contribution in [0.15, 0.2) is 18.2 Å². The molecule has 1 aromatic rings. The van der Waals surface area contributed by atoms with E-state index < -0.39 is 10.2 Å². The molecule has 1 saturated carbocycles. The first-order valence-corrected chi connectivity index (χ1v) is 6.72. The Morgan fingerprint density at radius 3 is 2.71 bits per heavy atom. The second-order valence-corrected chi connectivity index (χ2v) is 5.40. The van der Waals surface area contributed by atoms with Gasteiger partial charge in [0, 0.05) is 17.8 Å². The van der Waals surface area contributed by atoms with Crippen molar-refractivity contribution in [2.45, 2.75) is 18.9 Å². The van der Waals surface area contributed by atoms with Crippen molar-refractivity contribution in [3.05, 3.63) is 18.2 Å². The van der Waals surface area contributed by atoms with E-state index in [1.807, 2.05) is 0 Å². The second kappa shape index (κ2) is 4.42. The van der Waals surface area contributed by atoms with Gasteiger partial charge >= 0.3 is 0 Å². The molecule has 0 radical (unpaired) electrons. The molecule has 0 unspecified atom stereocenters. The topological polar surface area (TPSA) is 93.4 Å². The van der Waals surface area contributed by atoms with Crippen LogP contribution in [0.3, 0.4) is 0 Å². The number of hydrogen-bond acceptors (Lipinski definition) is 4. The molecule has 2 rings (SSSR count). The average Bonchev–Trinajstić information content (AvgIpc) is 3.03. The third kappa shape index (κ3) is 3.24. The van der Waals surface area contributed by atoms with E-state index in [1.165, 1.54) is 7.11 Å². The Hall–Kier alpha value is -1.47. The Bertz CT molecular complexity index is 512. The summed E-state index contributed by atoms with van der Waals surface area (Å²) in [6.45, 7) is 0. The minimum Gasteiger partial charge on any atom is -0.494 e. The Balaban J connectivity index is 2.16. The lowest BCUT2D eigenvalue weighted by Crippen LogP contribution is -2.31. The number of benzene rings is 1. The minimum absolute atomic E-state index is 0.0623. The van der Waals surface area contributed by atoms with Crippen LogP contribution < -0.4 is 19.9 Å². The largest absolute Gasteiger partial charge is 0.494 e. The van der Waals surface area contributed by atoms with Crippen molar-refractivity contribution < 1.29 is 13.2 Å². The number of ether oxygens (including phenoxy) is 1. The molecule has 17 heavy (non-hydrogen) atoms. The second-order valence-electron chi connectivity index (χ2n) is 3.96. The lowest BCUT2D eigenvalue weighted by molar-refractivity contribution is 0.417. The molecule has 0 heterocycles. The van der Waals surface area contributed by atoms with Gasteiger partial charge < -0.3 is 10.5 Å². The molecular formula is C10H15N3O3S. The quantitative estimate of drug-likeness (QED) is 0.676. The zero-order valence-electron chi connectivity index (χ0n) is 9.43. The normalized spacial score (nSPS) is 15.6. The smallest absolute Gasteiger partial charge is 0.299 e. The Kier molecular flexibility index (Phi) is 3.12. The number of hydrogen-bond donors (Lipinski definition) is 3. The molecule has 4 N–H and O–H groups in total. The third-order valence-corrected chi connectivity index (χ3v) is 3.50. The minimum atomic E-state index is -3.54. The molecular weight excluding hydrogens is 242 g/mol. The zero-order valence-corrected chi connectivity index (χ0v) is 10.3. The monoisotopic (exact) mass is 257 g/mol. The summed E-state index contributed by atoms with van der Waals surface area (Å²) in [4.78, 5) is 0. The van der Waals surface area contributed by atoms with Gasteiger partial charge in [-0.3, -0.25) is 4.72 Å². The number of nitrogens with two attached hydrogens (primary N) is 1. The lowest BCUT2D eigenvalue weighted by Gasteiger charge is -2.12. The first-order valence-electron chi connectivity index (χ1n) is 5.24. The predicted octanol–water partition coefficient (Wildman–Crippen LogP) is 0.686. The highest BCUT2D eigenvalue weighted by Crippen LogP contribution is 2.28. The molecule has 0 saturated heterocycles. The zero-order chi connectivity index (χ0) is 12.5. The van der Waals surface area contributed by atoms with Crippen LogP contribution in [-0.4, -0.2) is 21.6 Å². The standard InChI is InChI=1S/C10H15N3O3S/c1-16-10-6-7(11)2-5-9(10)13-17(14,15)12-8-3-4-8/h2,5-6,8,12-13H,3-4,11H2,1H3. The molecule has 0 aliphatic heterocycles. The van der Waals surface area contributed by atoms with E-state index in [4.69, 9.17) is 10.5 Å². The number of methoxy groups -OCH3 is 1. The third-order valence-electron chi connectivity index (χ3n) is 2.37. The number of rotatable bonds is 5. The van der Waals surface area contributed by atoms with Gasteiger partial charge in [-0.05, 0) is 25.0 Å². The highest BCUT2D eigenvalue weighted by Gasteiger charge is 2.27. The average molecular weight is 257 g/mol. The summed E-state index contributed by atoms with van der Waals surface area (Å²) < 4.78 is 33.4.